The summed E-state index contributed by atoms with van der Waals surface area (Å²) in [6.07, 6.45) is -3.36. The third-order valence-corrected chi connectivity index (χ3v) is 3.57. The van der Waals surface area contributed by atoms with Crippen LogP contribution in [0, 0.1) is 0 Å². The molecule has 0 saturated heterocycles. The first-order valence-electron chi connectivity index (χ1n) is 7.45. The van der Waals surface area contributed by atoms with Gasteiger partial charge >= 0.3 is 6.18 Å². The van der Waals surface area contributed by atoms with Crippen LogP contribution in [-0.4, -0.2) is 42.9 Å². The van der Waals surface area contributed by atoms with E-state index in [-0.39, 0.29) is 17.2 Å². The molecule has 0 bridgehead atoms. The van der Waals surface area contributed by atoms with Crippen LogP contribution in [0.25, 0.3) is 0 Å². The molecular formula is C16H18F3N5O. The van der Waals surface area contributed by atoms with Gasteiger partial charge in [-0.25, -0.2) is 9.97 Å². The zero-order valence-corrected chi connectivity index (χ0v) is 13.8. The Bertz CT molecular complexity index is 764. The third kappa shape index (κ3) is 4.24. The maximum atomic E-state index is 13.3. The molecule has 0 radical (unpaired) electrons. The Balaban J connectivity index is 2.52. The first kappa shape index (κ1) is 18.7. The second-order valence-electron chi connectivity index (χ2n) is 5.35. The van der Waals surface area contributed by atoms with Gasteiger partial charge < -0.3 is 16.0 Å². The third-order valence-electron chi connectivity index (χ3n) is 3.57. The second-order valence-corrected chi connectivity index (χ2v) is 5.35. The molecule has 2 heterocycles. The summed E-state index contributed by atoms with van der Waals surface area (Å²) in [5, 5.41) is 2.93. The Morgan fingerprint density at radius 1 is 1.32 bits per heavy atom. The van der Waals surface area contributed by atoms with Gasteiger partial charge in [0.1, 0.15) is 17.3 Å². The number of pyridine rings is 2. The highest BCUT2D eigenvalue weighted by Gasteiger charge is 2.37. The number of carbonyl (C=O) groups excluding carboxylic acids is 1. The molecule has 0 aliphatic rings. The van der Waals surface area contributed by atoms with Crippen LogP contribution in [0.3, 0.4) is 0 Å². The fourth-order valence-electron chi connectivity index (χ4n) is 2.19. The molecule has 0 unspecified atom stereocenters. The van der Waals surface area contributed by atoms with Crippen LogP contribution < -0.4 is 16.0 Å². The van der Waals surface area contributed by atoms with Crippen molar-refractivity contribution in [3.05, 3.63) is 47.3 Å². The number of carbonyl (C=O) groups is 1. The van der Waals surface area contributed by atoms with E-state index < -0.39 is 23.2 Å². The SMILES string of the molecule is CNCCN(C)c1ccc(C(F)(F)F)c(C(=O)c2cccnc2N)n1. The number of aromatic nitrogens is 2. The Kier molecular flexibility index (Phi) is 5.58. The Hall–Kier alpha value is -2.68. The maximum absolute atomic E-state index is 13.3. The monoisotopic (exact) mass is 353 g/mol. The van der Waals surface area contributed by atoms with Gasteiger partial charge in [-0.05, 0) is 31.3 Å². The van der Waals surface area contributed by atoms with Crippen LogP contribution in [0.5, 0.6) is 0 Å². The van der Waals surface area contributed by atoms with Gasteiger partial charge in [0.2, 0.25) is 5.78 Å². The highest BCUT2D eigenvalue weighted by molar-refractivity contribution is 6.11. The number of nitrogens with zero attached hydrogens (tertiary/aromatic N) is 3. The van der Waals surface area contributed by atoms with E-state index in [1.807, 2.05) is 0 Å². The van der Waals surface area contributed by atoms with Crippen LogP contribution in [0.4, 0.5) is 24.8 Å². The highest BCUT2D eigenvalue weighted by atomic mass is 19.4. The predicted molar refractivity (Wildman–Crippen MR) is 88.5 cm³/mol. The molecular weight excluding hydrogens is 335 g/mol. The number of hydrogen-bond donors (Lipinski definition) is 2. The van der Waals surface area contributed by atoms with Crippen molar-refractivity contribution in [1.82, 2.24) is 15.3 Å². The zero-order valence-electron chi connectivity index (χ0n) is 13.8. The average Bonchev–Trinajstić information content (AvgIpc) is 2.58. The second kappa shape index (κ2) is 7.47. The number of likely N-dealkylation sites (N-methyl/N-ethyl adjacent to an activating group) is 2. The Morgan fingerprint density at radius 2 is 2.04 bits per heavy atom. The largest absolute Gasteiger partial charge is 0.418 e. The lowest BCUT2D eigenvalue weighted by Crippen LogP contribution is -2.28. The van der Waals surface area contributed by atoms with Gasteiger partial charge in [0.05, 0.1) is 11.1 Å². The summed E-state index contributed by atoms with van der Waals surface area (Å²) < 4.78 is 39.9. The molecule has 3 N–H and O–H groups in total. The molecule has 6 nitrogen and oxygen atoms in total. The summed E-state index contributed by atoms with van der Waals surface area (Å²) in [5.41, 5.74) is 3.71. The van der Waals surface area contributed by atoms with Crippen molar-refractivity contribution in [3.63, 3.8) is 0 Å². The highest BCUT2D eigenvalue weighted by Crippen LogP contribution is 2.33. The van der Waals surface area contributed by atoms with Crippen molar-refractivity contribution < 1.29 is 18.0 Å². The molecule has 0 spiro atoms. The summed E-state index contributed by atoms with van der Waals surface area (Å²) in [6, 6.07) is 4.85. The molecule has 0 aliphatic carbocycles. The van der Waals surface area contributed by atoms with Gasteiger partial charge in [-0.2, -0.15) is 13.2 Å². The molecule has 0 amide bonds. The van der Waals surface area contributed by atoms with E-state index in [1.54, 1.807) is 19.0 Å². The summed E-state index contributed by atoms with van der Waals surface area (Å²) in [4.78, 5) is 22.0. The first-order chi connectivity index (χ1) is 11.8. The molecule has 0 atom stereocenters. The first-order valence-corrected chi connectivity index (χ1v) is 7.45. The Morgan fingerprint density at radius 3 is 2.64 bits per heavy atom. The number of nitrogens with two attached hydrogens (primary N) is 1. The summed E-state index contributed by atoms with van der Waals surface area (Å²) in [7, 11) is 3.44. The molecule has 2 aromatic heterocycles. The van der Waals surface area contributed by atoms with Crippen molar-refractivity contribution in [2.45, 2.75) is 6.18 Å². The molecule has 0 aromatic carbocycles. The van der Waals surface area contributed by atoms with Crippen LogP contribution in [0.2, 0.25) is 0 Å². The molecule has 2 aromatic rings. The van der Waals surface area contributed by atoms with E-state index in [0.717, 1.165) is 6.07 Å². The smallest absolute Gasteiger partial charge is 0.383 e. The predicted octanol–water partition coefficient (Wildman–Crippen LogP) is 1.96. The number of anilines is 2. The van der Waals surface area contributed by atoms with Crippen molar-refractivity contribution in [3.8, 4) is 0 Å². The van der Waals surface area contributed by atoms with Crippen molar-refractivity contribution in [1.29, 1.82) is 0 Å². The van der Waals surface area contributed by atoms with Crippen molar-refractivity contribution in [2.24, 2.45) is 0 Å². The summed E-state index contributed by atoms with van der Waals surface area (Å²) in [5.74, 6) is -0.799. The fourth-order valence-corrected chi connectivity index (χ4v) is 2.19. The maximum Gasteiger partial charge on any atom is 0.418 e. The molecule has 9 heteroatoms. The molecule has 134 valence electrons. The van der Waals surface area contributed by atoms with Gasteiger partial charge in [0.25, 0.3) is 0 Å². The number of ketones is 1. The molecule has 2 rings (SSSR count). The number of hydrogen-bond acceptors (Lipinski definition) is 6. The Labute approximate surface area is 142 Å². The quantitative estimate of drug-likeness (QED) is 0.773. The standard InChI is InChI=1S/C16H18F3N5O/c1-21-8-9-24(2)12-6-5-11(16(17,18)19)13(23-12)14(25)10-4-3-7-22-15(10)20/h3-7,21H,8-9H2,1-2H3,(H2,20,22). The van der Waals surface area contributed by atoms with E-state index in [2.05, 4.69) is 15.3 Å². The lowest BCUT2D eigenvalue weighted by molar-refractivity contribution is -0.138. The van der Waals surface area contributed by atoms with Crippen LogP contribution >= 0.6 is 0 Å². The molecule has 0 fully saturated rings. The summed E-state index contributed by atoms with van der Waals surface area (Å²) >= 11 is 0. The van der Waals surface area contributed by atoms with Crippen LogP contribution in [-0.2, 0) is 6.18 Å². The van der Waals surface area contributed by atoms with E-state index in [9.17, 15) is 18.0 Å². The lowest BCUT2D eigenvalue weighted by Gasteiger charge is -2.20. The average molecular weight is 353 g/mol. The number of nitrogen functional groups attached to an aromatic ring is 1. The number of halogens is 3. The van der Waals surface area contributed by atoms with Crippen molar-refractivity contribution in [2.75, 3.05) is 37.8 Å². The summed E-state index contributed by atoms with van der Waals surface area (Å²) in [6.45, 7) is 1.12. The normalized spacial score (nSPS) is 11.4. The topological polar surface area (TPSA) is 84.1 Å². The number of nitrogens with one attached hydrogen (secondary N) is 1. The van der Waals surface area contributed by atoms with Gasteiger partial charge in [-0.15, -0.1) is 0 Å². The van der Waals surface area contributed by atoms with E-state index in [0.29, 0.717) is 13.1 Å². The van der Waals surface area contributed by atoms with E-state index in [1.165, 1.54) is 24.4 Å². The fraction of sp³-hybridized carbons (Fsp3) is 0.312. The van der Waals surface area contributed by atoms with Gasteiger partial charge in [-0.3, -0.25) is 4.79 Å². The van der Waals surface area contributed by atoms with Crippen LogP contribution in [0.1, 0.15) is 21.6 Å². The van der Waals surface area contributed by atoms with Gasteiger partial charge in [0.15, 0.2) is 0 Å². The van der Waals surface area contributed by atoms with E-state index >= 15 is 0 Å². The minimum atomic E-state index is -4.71. The molecule has 0 aliphatic heterocycles. The number of rotatable bonds is 6. The van der Waals surface area contributed by atoms with Gasteiger partial charge in [0, 0.05) is 26.3 Å². The van der Waals surface area contributed by atoms with Crippen LogP contribution in [0.15, 0.2) is 30.5 Å². The van der Waals surface area contributed by atoms with E-state index in [4.69, 9.17) is 5.73 Å². The van der Waals surface area contributed by atoms with Gasteiger partial charge in [-0.1, -0.05) is 0 Å². The minimum Gasteiger partial charge on any atom is -0.383 e. The van der Waals surface area contributed by atoms with Crippen molar-refractivity contribution >= 4 is 17.4 Å². The zero-order chi connectivity index (χ0) is 18.6. The lowest BCUT2D eigenvalue weighted by atomic mass is 10.0. The minimum absolute atomic E-state index is 0.115. The molecule has 0 saturated carbocycles. The molecule has 25 heavy (non-hydrogen) atoms. The number of alkyl halides is 3.